The lowest BCUT2D eigenvalue weighted by Gasteiger charge is -2.29. The van der Waals surface area contributed by atoms with Crippen LogP contribution in [0.25, 0.3) is 0 Å². The van der Waals surface area contributed by atoms with Crippen molar-refractivity contribution in [2.45, 2.75) is 84.2 Å². The number of rotatable bonds is 14. The van der Waals surface area contributed by atoms with E-state index in [1.165, 1.54) is 6.92 Å². The maximum Gasteiger partial charge on any atom is 0.326 e. The molecule has 10 nitrogen and oxygen atoms in total. The van der Waals surface area contributed by atoms with E-state index in [9.17, 15) is 29.4 Å². The van der Waals surface area contributed by atoms with E-state index in [0.29, 0.717) is 6.42 Å². The molecule has 35 heavy (non-hydrogen) atoms. The van der Waals surface area contributed by atoms with Gasteiger partial charge in [-0.3, -0.25) is 14.4 Å². The predicted octanol–water partition coefficient (Wildman–Crippen LogP) is 0.568. The summed E-state index contributed by atoms with van der Waals surface area (Å²) in [5, 5.41) is 27.1. The molecule has 0 spiro atoms. The second kappa shape index (κ2) is 14.4. The number of carboxylic acids is 1. The van der Waals surface area contributed by atoms with Gasteiger partial charge in [-0.1, -0.05) is 64.4 Å². The van der Waals surface area contributed by atoms with Gasteiger partial charge in [-0.05, 0) is 37.2 Å². The van der Waals surface area contributed by atoms with Crippen LogP contribution in [0.15, 0.2) is 30.3 Å². The molecule has 0 saturated heterocycles. The summed E-state index contributed by atoms with van der Waals surface area (Å²) in [7, 11) is 0. The molecule has 1 aromatic carbocycles. The number of hydrogen-bond donors (Lipinski definition) is 6. The van der Waals surface area contributed by atoms with Crippen molar-refractivity contribution in [2.24, 2.45) is 17.6 Å². The van der Waals surface area contributed by atoms with E-state index in [-0.39, 0.29) is 24.7 Å². The first-order valence-electron chi connectivity index (χ1n) is 12.0. The second-order valence-electron chi connectivity index (χ2n) is 9.42. The largest absolute Gasteiger partial charge is 0.480 e. The topological polar surface area (TPSA) is 171 Å². The minimum atomic E-state index is -1.40. The van der Waals surface area contributed by atoms with Crippen molar-refractivity contribution in [1.29, 1.82) is 0 Å². The highest BCUT2D eigenvalue weighted by atomic mass is 16.4. The van der Waals surface area contributed by atoms with E-state index >= 15 is 0 Å². The van der Waals surface area contributed by atoms with Crippen LogP contribution < -0.4 is 21.7 Å². The molecule has 0 aromatic heterocycles. The number of aliphatic hydroxyl groups excluding tert-OH is 1. The molecule has 7 N–H and O–H groups in total. The Morgan fingerprint density at radius 1 is 0.886 bits per heavy atom. The zero-order valence-corrected chi connectivity index (χ0v) is 21.2. The number of carbonyl (C=O) groups is 4. The summed E-state index contributed by atoms with van der Waals surface area (Å²) in [4.78, 5) is 50.1. The number of aliphatic carboxylic acids is 1. The Morgan fingerprint density at radius 3 is 1.91 bits per heavy atom. The van der Waals surface area contributed by atoms with E-state index in [1.54, 1.807) is 6.92 Å². The van der Waals surface area contributed by atoms with E-state index in [2.05, 4.69) is 16.0 Å². The van der Waals surface area contributed by atoms with Gasteiger partial charge in [0.2, 0.25) is 17.7 Å². The average molecular weight is 493 g/mol. The maximum atomic E-state index is 13.1. The molecule has 0 radical (unpaired) electrons. The quantitative estimate of drug-likeness (QED) is 0.220. The van der Waals surface area contributed by atoms with Crippen LogP contribution in [0.4, 0.5) is 0 Å². The molecule has 1 rings (SSSR count). The smallest absolute Gasteiger partial charge is 0.326 e. The fourth-order valence-corrected chi connectivity index (χ4v) is 3.53. The van der Waals surface area contributed by atoms with Gasteiger partial charge in [0.15, 0.2) is 0 Å². The van der Waals surface area contributed by atoms with Crippen molar-refractivity contribution < 1.29 is 29.4 Å². The van der Waals surface area contributed by atoms with Gasteiger partial charge in [-0.2, -0.15) is 0 Å². The number of hydrogen-bond acceptors (Lipinski definition) is 6. The lowest BCUT2D eigenvalue weighted by Crippen LogP contribution is -2.61. The summed E-state index contributed by atoms with van der Waals surface area (Å²) in [6.45, 7) is 8.57. The minimum absolute atomic E-state index is 0.00100. The van der Waals surface area contributed by atoms with E-state index in [4.69, 9.17) is 5.73 Å². The predicted molar refractivity (Wildman–Crippen MR) is 132 cm³/mol. The summed E-state index contributed by atoms with van der Waals surface area (Å²) in [6.07, 6.45) is -0.284. The van der Waals surface area contributed by atoms with Gasteiger partial charge in [0.25, 0.3) is 0 Å². The molecule has 0 aliphatic rings. The first kappa shape index (κ1) is 30.1. The summed E-state index contributed by atoms with van der Waals surface area (Å²) < 4.78 is 0. The van der Waals surface area contributed by atoms with E-state index < -0.39 is 54.0 Å². The van der Waals surface area contributed by atoms with E-state index in [0.717, 1.165) is 5.56 Å². The standard InChI is InChI=1S/C25H40N4O6/c1-6-15(4)20(28-22(31)18(26)13-17-10-8-7-9-11-17)23(32)29-21(16(5)30)24(33)27-19(25(34)35)12-14(2)3/h7-11,14-16,18-21,30H,6,12-13,26H2,1-5H3,(H,27,33)(H,28,31)(H,29,32)(H,34,35). The Labute approximate surface area is 207 Å². The Balaban J connectivity index is 2.94. The molecule has 196 valence electrons. The van der Waals surface area contributed by atoms with Crippen molar-refractivity contribution in [1.82, 2.24) is 16.0 Å². The Hall–Kier alpha value is -2.98. The van der Waals surface area contributed by atoms with Crippen LogP contribution in [-0.2, 0) is 25.6 Å². The molecule has 3 amide bonds. The number of amides is 3. The Morgan fingerprint density at radius 2 is 1.43 bits per heavy atom. The third kappa shape index (κ3) is 10.0. The van der Waals surface area contributed by atoms with Crippen LogP contribution in [0, 0.1) is 11.8 Å². The van der Waals surface area contributed by atoms with Crippen molar-refractivity contribution in [3.05, 3.63) is 35.9 Å². The monoisotopic (exact) mass is 492 g/mol. The van der Waals surface area contributed by atoms with Crippen LogP contribution in [0.5, 0.6) is 0 Å². The minimum Gasteiger partial charge on any atom is -0.480 e. The van der Waals surface area contributed by atoms with Gasteiger partial charge >= 0.3 is 5.97 Å². The van der Waals surface area contributed by atoms with Crippen LogP contribution >= 0.6 is 0 Å². The number of nitrogens with two attached hydrogens (primary N) is 1. The Bertz CT molecular complexity index is 846. The van der Waals surface area contributed by atoms with Gasteiger partial charge in [-0.25, -0.2) is 4.79 Å². The number of carboxylic acid groups (broad SMARTS) is 1. The highest BCUT2D eigenvalue weighted by Crippen LogP contribution is 2.11. The van der Waals surface area contributed by atoms with Crippen LogP contribution in [0.2, 0.25) is 0 Å². The first-order chi connectivity index (χ1) is 16.4. The summed E-state index contributed by atoms with van der Waals surface area (Å²) >= 11 is 0. The van der Waals surface area contributed by atoms with Crippen LogP contribution in [-0.4, -0.2) is 64.2 Å². The Kier molecular flexibility index (Phi) is 12.4. The fraction of sp³-hybridized carbons (Fsp3) is 0.600. The van der Waals surface area contributed by atoms with Crippen molar-refractivity contribution >= 4 is 23.7 Å². The molecule has 0 fully saturated rings. The summed E-state index contributed by atoms with van der Waals surface area (Å²) in [5.41, 5.74) is 6.93. The summed E-state index contributed by atoms with van der Waals surface area (Å²) in [6, 6.07) is 4.77. The SMILES string of the molecule is CCC(C)C(NC(=O)C(N)Cc1ccccc1)C(=O)NC(C(=O)NC(CC(C)C)C(=O)O)C(C)O. The molecule has 0 saturated carbocycles. The maximum absolute atomic E-state index is 13.1. The normalized spacial score (nSPS) is 16.3. The molecule has 0 aliphatic carbocycles. The zero-order chi connectivity index (χ0) is 26.7. The molecule has 10 heteroatoms. The number of aliphatic hydroxyl groups is 1. The van der Waals surface area contributed by atoms with Gasteiger partial charge in [0.1, 0.15) is 18.1 Å². The molecule has 6 atom stereocenters. The average Bonchev–Trinajstić information content (AvgIpc) is 2.79. The number of carbonyl (C=O) groups excluding carboxylic acids is 3. The lowest BCUT2D eigenvalue weighted by atomic mass is 9.96. The number of benzene rings is 1. The van der Waals surface area contributed by atoms with Crippen molar-refractivity contribution in [3.63, 3.8) is 0 Å². The van der Waals surface area contributed by atoms with Gasteiger partial charge in [0.05, 0.1) is 12.1 Å². The lowest BCUT2D eigenvalue weighted by molar-refractivity contribution is -0.143. The van der Waals surface area contributed by atoms with Gasteiger partial charge in [-0.15, -0.1) is 0 Å². The fourth-order valence-electron chi connectivity index (χ4n) is 3.53. The van der Waals surface area contributed by atoms with E-state index in [1.807, 2.05) is 51.1 Å². The zero-order valence-electron chi connectivity index (χ0n) is 21.2. The molecular formula is C25H40N4O6. The second-order valence-corrected chi connectivity index (χ2v) is 9.42. The molecule has 6 unspecified atom stereocenters. The molecule has 1 aromatic rings. The third-order valence-electron chi connectivity index (χ3n) is 5.81. The first-order valence-corrected chi connectivity index (χ1v) is 12.0. The van der Waals surface area contributed by atoms with Gasteiger partial charge in [0, 0.05) is 0 Å². The van der Waals surface area contributed by atoms with Crippen LogP contribution in [0.1, 0.15) is 53.0 Å². The third-order valence-corrected chi connectivity index (χ3v) is 5.81. The molecule has 0 heterocycles. The highest BCUT2D eigenvalue weighted by Gasteiger charge is 2.34. The highest BCUT2D eigenvalue weighted by molar-refractivity contribution is 5.94. The van der Waals surface area contributed by atoms with Crippen molar-refractivity contribution in [2.75, 3.05) is 0 Å². The van der Waals surface area contributed by atoms with Crippen molar-refractivity contribution in [3.8, 4) is 0 Å². The van der Waals surface area contributed by atoms with Gasteiger partial charge < -0.3 is 31.9 Å². The number of nitrogens with one attached hydrogen (secondary N) is 3. The molecule has 0 aliphatic heterocycles. The summed E-state index contributed by atoms with van der Waals surface area (Å²) in [5.74, 6) is -3.52. The van der Waals surface area contributed by atoms with Crippen LogP contribution in [0.3, 0.4) is 0 Å². The molecular weight excluding hydrogens is 452 g/mol. The molecule has 0 bridgehead atoms.